The third-order valence-electron chi connectivity index (χ3n) is 4.27. The van der Waals surface area contributed by atoms with E-state index in [1.807, 2.05) is 68.4 Å². The molecule has 0 saturated carbocycles. The van der Waals surface area contributed by atoms with Gasteiger partial charge in [-0.1, -0.05) is 61.5 Å². The van der Waals surface area contributed by atoms with E-state index >= 15 is 0 Å². The lowest BCUT2D eigenvalue weighted by Crippen LogP contribution is -2.24. The summed E-state index contributed by atoms with van der Waals surface area (Å²) in [5, 5.41) is 6.85. The van der Waals surface area contributed by atoms with Gasteiger partial charge in [-0.2, -0.15) is 0 Å². The Morgan fingerprint density at radius 2 is 1.78 bits per heavy atom. The van der Waals surface area contributed by atoms with Crippen molar-refractivity contribution in [2.45, 2.75) is 39.8 Å². The van der Waals surface area contributed by atoms with Gasteiger partial charge >= 0.3 is 0 Å². The highest BCUT2D eigenvalue weighted by molar-refractivity contribution is 5.96. The molecule has 0 fully saturated rings. The number of nitrogens with one attached hydrogen (secondary N) is 1. The fourth-order valence-corrected chi connectivity index (χ4v) is 2.77. The highest BCUT2D eigenvalue weighted by Gasteiger charge is 2.22. The quantitative estimate of drug-likeness (QED) is 0.665. The fraction of sp³-hybridized carbons (Fsp3) is 0.273. The predicted octanol–water partition coefficient (Wildman–Crippen LogP) is 4.62. The van der Waals surface area contributed by atoms with E-state index in [2.05, 4.69) is 10.5 Å². The third-order valence-corrected chi connectivity index (χ3v) is 4.27. The first-order valence-electron chi connectivity index (χ1n) is 9.04. The third kappa shape index (κ3) is 4.76. The molecular formula is C22H24N2O3. The van der Waals surface area contributed by atoms with Crippen LogP contribution in [0, 0.1) is 6.92 Å². The molecule has 3 rings (SSSR count). The second kappa shape index (κ2) is 8.54. The lowest BCUT2D eigenvalue weighted by atomic mass is 10.0. The summed E-state index contributed by atoms with van der Waals surface area (Å²) in [6.45, 7) is 6.70. The highest BCUT2D eigenvalue weighted by Crippen LogP contribution is 2.22. The van der Waals surface area contributed by atoms with Crippen LogP contribution < -0.4 is 10.1 Å². The zero-order valence-corrected chi connectivity index (χ0v) is 15.9. The van der Waals surface area contributed by atoms with Crippen LogP contribution in [0.4, 0.5) is 0 Å². The van der Waals surface area contributed by atoms with E-state index in [9.17, 15) is 4.79 Å². The van der Waals surface area contributed by atoms with Crippen LogP contribution in [-0.2, 0) is 13.2 Å². The molecule has 0 bridgehead atoms. The number of aromatic nitrogens is 1. The Kier molecular flexibility index (Phi) is 5.91. The Morgan fingerprint density at radius 3 is 2.44 bits per heavy atom. The van der Waals surface area contributed by atoms with Crippen LogP contribution in [-0.4, -0.2) is 11.1 Å². The van der Waals surface area contributed by atoms with Crippen molar-refractivity contribution in [3.05, 3.63) is 82.7 Å². The van der Waals surface area contributed by atoms with E-state index in [1.54, 1.807) is 6.92 Å². The molecule has 0 radical (unpaired) electrons. The maximum absolute atomic E-state index is 12.5. The summed E-state index contributed by atoms with van der Waals surface area (Å²) in [5.41, 5.74) is 3.27. The summed E-state index contributed by atoms with van der Waals surface area (Å²) in [6, 6.07) is 17.7. The molecule has 0 spiro atoms. The first kappa shape index (κ1) is 18.7. The Labute approximate surface area is 159 Å². The number of hydrogen-bond donors (Lipinski definition) is 1. The van der Waals surface area contributed by atoms with E-state index in [1.165, 1.54) is 0 Å². The minimum atomic E-state index is -0.165. The standard InChI is InChI=1S/C22H24N2O3/c1-15(2)21-20(16(3)24-27-21)22(25)23-13-17-9-11-19(12-10-17)26-14-18-7-5-4-6-8-18/h4-12,15H,13-14H2,1-3H3,(H,23,25). The van der Waals surface area contributed by atoms with Crippen molar-refractivity contribution < 1.29 is 14.1 Å². The van der Waals surface area contributed by atoms with Crippen LogP contribution in [0.5, 0.6) is 5.75 Å². The molecule has 140 valence electrons. The number of carbonyl (C=O) groups excluding carboxylic acids is 1. The molecule has 5 nitrogen and oxygen atoms in total. The minimum absolute atomic E-state index is 0.105. The van der Waals surface area contributed by atoms with E-state index in [4.69, 9.17) is 9.26 Å². The number of amides is 1. The van der Waals surface area contributed by atoms with Gasteiger partial charge in [-0.15, -0.1) is 0 Å². The molecule has 0 saturated heterocycles. The lowest BCUT2D eigenvalue weighted by Gasteiger charge is -2.09. The van der Waals surface area contributed by atoms with Crippen molar-refractivity contribution >= 4 is 5.91 Å². The van der Waals surface area contributed by atoms with Gasteiger partial charge < -0.3 is 14.6 Å². The highest BCUT2D eigenvalue weighted by atomic mass is 16.5. The smallest absolute Gasteiger partial charge is 0.257 e. The molecule has 27 heavy (non-hydrogen) atoms. The Morgan fingerprint density at radius 1 is 1.07 bits per heavy atom. The van der Waals surface area contributed by atoms with Crippen molar-refractivity contribution in [1.82, 2.24) is 10.5 Å². The zero-order valence-electron chi connectivity index (χ0n) is 15.9. The normalized spacial score (nSPS) is 10.8. The number of rotatable bonds is 7. The van der Waals surface area contributed by atoms with Gasteiger partial charge in [0.1, 0.15) is 17.9 Å². The van der Waals surface area contributed by atoms with Gasteiger partial charge in [0.15, 0.2) is 5.76 Å². The molecule has 0 aliphatic rings. The maximum Gasteiger partial charge on any atom is 0.257 e. The summed E-state index contributed by atoms with van der Waals surface area (Å²) in [7, 11) is 0. The topological polar surface area (TPSA) is 64.4 Å². The van der Waals surface area contributed by atoms with Gasteiger partial charge in [0.05, 0.1) is 5.69 Å². The first-order valence-corrected chi connectivity index (χ1v) is 9.04. The number of hydrogen-bond acceptors (Lipinski definition) is 4. The van der Waals surface area contributed by atoms with Crippen molar-refractivity contribution in [2.75, 3.05) is 0 Å². The fourth-order valence-electron chi connectivity index (χ4n) is 2.77. The molecule has 5 heteroatoms. The van der Waals surface area contributed by atoms with Crippen LogP contribution in [0.15, 0.2) is 59.1 Å². The molecule has 0 unspecified atom stereocenters. The van der Waals surface area contributed by atoms with Crippen molar-refractivity contribution in [1.29, 1.82) is 0 Å². The molecule has 0 aliphatic carbocycles. The van der Waals surface area contributed by atoms with E-state index in [0.29, 0.717) is 30.2 Å². The number of carbonyl (C=O) groups is 1. The summed E-state index contributed by atoms with van der Waals surface area (Å²) in [4.78, 5) is 12.5. The van der Waals surface area contributed by atoms with E-state index in [-0.39, 0.29) is 11.8 Å². The van der Waals surface area contributed by atoms with Gasteiger partial charge in [-0.05, 0) is 30.2 Å². The van der Waals surface area contributed by atoms with Crippen LogP contribution in [0.25, 0.3) is 0 Å². The number of nitrogens with zero attached hydrogens (tertiary/aromatic N) is 1. The Balaban J connectivity index is 1.56. The van der Waals surface area contributed by atoms with Crippen LogP contribution in [0.3, 0.4) is 0 Å². The second-order valence-corrected chi connectivity index (χ2v) is 6.76. The van der Waals surface area contributed by atoms with Crippen LogP contribution >= 0.6 is 0 Å². The summed E-state index contributed by atoms with van der Waals surface area (Å²) < 4.78 is 11.1. The molecular weight excluding hydrogens is 340 g/mol. The lowest BCUT2D eigenvalue weighted by molar-refractivity contribution is 0.0948. The molecule has 1 N–H and O–H groups in total. The number of benzene rings is 2. The minimum Gasteiger partial charge on any atom is -0.489 e. The van der Waals surface area contributed by atoms with Crippen LogP contribution in [0.1, 0.15) is 52.7 Å². The van der Waals surface area contributed by atoms with Gasteiger partial charge in [0.2, 0.25) is 0 Å². The predicted molar refractivity (Wildman–Crippen MR) is 104 cm³/mol. The molecule has 1 heterocycles. The summed E-state index contributed by atoms with van der Waals surface area (Å²) >= 11 is 0. The largest absolute Gasteiger partial charge is 0.489 e. The summed E-state index contributed by atoms with van der Waals surface area (Å²) in [5.74, 6) is 1.36. The number of aryl methyl sites for hydroxylation is 1. The molecule has 0 aliphatic heterocycles. The molecule has 1 amide bonds. The van der Waals surface area contributed by atoms with E-state index in [0.717, 1.165) is 16.9 Å². The SMILES string of the molecule is Cc1noc(C(C)C)c1C(=O)NCc1ccc(OCc2ccccc2)cc1. The Hall–Kier alpha value is -3.08. The van der Waals surface area contributed by atoms with Gasteiger partial charge in [-0.3, -0.25) is 4.79 Å². The number of ether oxygens (including phenoxy) is 1. The molecule has 0 atom stereocenters. The summed E-state index contributed by atoms with van der Waals surface area (Å²) in [6.07, 6.45) is 0. The monoisotopic (exact) mass is 364 g/mol. The van der Waals surface area contributed by atoms with Crippen molar-refractivity contribution in [2.24, 2.45) is 0 Å². The average Bonchev–Trinajstić information content (AvgIpc) is 3.08. The van der Waals surface area contributed by atoms with Gasteiger partial charge in [0, 0.05) is 12.5 Å². The molecule has 2 aromatic carbocycles. The van der Waals surface area contributed by atoms with E-state index < -0.39 is 0 Å². The van der Waals surface area contributed by atoms with Crippen LogP contribution in [0.2, 0.25) is 0 Å². The van der Waals surface area contributed by atoms with Crippen molar-refractivity contribution in [3.8, 4) is 5.75 Å². The molecule has 1 aromatic heterocycles. The van der Waals surface area contributed by atoms with Gasteiger partial charge in [-0.25, -0.2) is 0 Å². The first-order chi connectivity index (χ1) is 13.0. The zero-order chi connectivity index (χ0) is 19.2. The Bertz CT molecular complexity index is 884. The average molecular weight is 364 g/mol. The van der Waals surface area contributed by atoms with Gasteiger partial charge in [0.25, 0.3) is 5.91 Å². The maximum atomic E-state index is 12.5. The second-order valence-electron chi connectivity index (χ2n) is 6.76. The molecule has 3 aromatic rings. The van der Waals surface area contributed by atoms with Crippen molar-refractivity contribution in [3.63, 3.8) is 0 Å².